The molecule has 0 fully saturated rings. The van der Waals surface area contributed by atoms with E-state index in [4.69, 9.17) is 0 Å². The molecule has 0 unspecified atom stereocenters. The Morgan fingerprint density at radius 2 is 2.21 bits per heavy atom. The van der Waals surface area contributed by atoms with Crippen LogP contribution in [0.15, 0.2) is 29.1 Å². The molecule has 0 aliphatic rings. The lowest BCUT2D eigenvalue weighted by molar-refractivity contribution is -0.120. The zero-order valence-corrected chi connectivity index (χ0v) is 11.9. The van der Waals surface area contributed by atoms with Gasteiger partial charge in [-0.3, -0.25) is 9.59 Å². The first-order chi connectivity index (χ1) is 9.15. The van der Waals surface area contributed by atoms with Crippen LogP contribution in [0.1, 0.15) is 24.3 Å². The first-order valence-electron chi connectivity index (χ1n) is 5.65. The predicted molar refractivity (Wildman–Crippen MR) is 76.2 cm³/mol. The molecule has 2 heterocycles. The van der Waals surface area contributed by atoms with Crippen LogP contribution in [0.5, 0.6) is 0 Å². The van der Waals surface area contributed by atoms with Gasteiger partial charge in [-0.1, -0.05) is 6.07 Å². The Morgan fingerprint density at radius 3 is 2.79 bits per heavy atom. The molecule has 100 valence electrons. The summed E-state index contributed by atoms with van der Waals surface area (Å²) in [4.78, 5) is 28.1. The van der Waals surface area contributed by atoms with Gasteiger partial charge in [-0.25, -0.2) is 4.98 Å². The summed E-state index contributed by atoms with van der Waals surface area (Å²) in [6.45, 7) is 1.44. The topological polar surface area (TPSA) is 71.1 Å². The predicted octanol–water partition coefficient (Wildman–Crippen LogP) is 2.41. The van der Waals surface area contributed by atoms with Gasteiger partial charge in [0.05, 0.1) is 12.5 Å². The van der Waals surface area contributed by atoms with Gasteiger partial charge in [-0.15, -0.1) is 22.7 Å². The fraction of sp³-hybridized carbons (Fsp3) is 0.250. The van der Waals surface area contributed by atoms with Crippen LogP contribution in [0.4, 0.5) is 5.13 Å². The van der Waals surface area contributed by atoms with Crippen LogP contribution >= 0.6 is 22.7 Å². The summed E-state index contributed by atoms with van der Waals surface area (Å²) < 4.78 is 0. The van der Waals surface area contributed by atoms with Crippen LogP contribution in [0, 0.1) is 0 Å². The van der Waals surface area contributed by atoms with E-state index in [1.807, 2.05) is 17.5 Å². The van der Waals surface area contributed by atoms with Crippen LogP contribution in [0.2, 0.25) is 0 Å². The van der Waals surface area contributed by atoms with Gasteiger partial charge < -0.3 is 10.6 Å². The van der Waals surface area contributed by atoms with Crippen molar-refractivity contribution in [1.29, 1.82) is 0 Å². The second kappa shape index (κ2) is 6.44. The van der Waals surface area contributed by atoms with Gasteiger partial charge in [-0.05, 0) is 11.4 Å². The number of thiazole rings is 1. The highest BCUT2D eigenvalue weighted by Gasteiger charge is 2.18. The van der Waals surface area contributed by atoms with E-state index in [0.717, 1.165) is 4.88 Å². The monoisotopic (exact) mass is 295 g/mol. The fourth-order valence-electron chi connectivity index (χ4n) is 1.60. The van der Waals surface area contributed by atoms with Crippen molar-refractivity contribution in [3.63, 3.8) is 0 Å². The lowest BCUT2D eigenvalue weighted by Gasteiger charge is -2.15. The smallest absolute Gasteiger partial charge is 0.228 e. The number of hydrogen-bond donors (Lipinski definition) is 2. The molecule has 19 heavy (non-hydrogen) atoms. The molecule has 0 bridgehead atoms. The number of nitrogens with one attached hydrogen (secondary N) is 2. The second-order valence-electron chi connectivity index (χ2n) is 3.86. The number of carbonyl (C=O) groups is 2. The van der Waals surface area contributed by atoms with E-state index >= 15 is 0 Å². The zero-order valence-electron chi connectivity index (χ0n) is 10.3. The number of amides is 2. The van der Waals surface area contributed by atoms with Crippen molar-refractivity contribution >= 4 is 39.6 Å². The van der Waals surface area contributed by atoms with Gasteiger partial charge in [0.1, 0.15) is 0 Å². The number of aromatic nitrogens is 1. The molecule has 0 spiro atoms. The van der Waals surface area contributed by atoms with E-state index in [2.05, 4.69) is 15.6 Å². The lowest BCUT2D eigenvalue weighted by Crippen LogP contribution is -2.29. The Balaban J connectivity index is 1.99. The van der Waals surface area contributed by atoms with Crippen molar-refractivity contribution in [2.24, 2.45) is 0 Å². The molecule has 1 atom stereocenters. The third kappa shape index (κ3) is 4.15. The quantitative estimate of drug-likeness (QED) is 0.890. The van der Waals surface area contributed by atoms with E-state index in [1.54, 1.807) is 11.6 Å². The number of thiophene rings is 1. The zero-order chi connectivity index (χ0) is 13.7. The van der Waals surface area contributed by atoms with Crippen LogP contribution in [-0.4, -0.2) is 16.8 Å². The lowest BCUT2D eigenvalue weighted by atomic mass is 10.1. The van der Waals surface area contributed by atoms with E-state index in [0.29, 0.717) is 5.13 Å². The van der Waals surface area contributed by atoms with Crippen LogP contribution in [0.25, 0.3) is 0 Å². The Morgan fingerprint density at radius 1 is 1.37 bits per heavy atom. The maximum Gasteiger partial charge on any atom is 0.228 e. The number of rotatable bonds is 5. The van der Waals surface area contributed by atoms with Crippen molar-refractivity contribution < 1.29 is 9.59 Å². The molecule has 0 aliphatic carbocycles. The Hall–Kier alpha value is -1.73. The summed E-state index contributed by atoms with van der Waals surface area (Å²) in [7, 11) is 0. The molecule has 2 aromatic rings. The Kier molecular flexibility index (Phi) is 4.64. The molecule has 0 aromatic carbocycles. The fourth-order valence-corrected chi connectivity index (χ4v) is 2.92. The molecule has 5 nitrogen and oxygen atoms in total. The molecule has 7 heteroatoms. The van der Waals surface area contributed by atoms with E-state index in [1.165, 1.54) is 29.6 Å². The molecular weight excluding hydrogens is 282 g/mol. The van der Waals surface area contributed by atoms with Gasteiger partial charge >= 0.3 is 0 Å². The molecule has 2 amide bonds. The highest BCUT2D eigenvalue weighted by atomic mass is 32.1. The molecule has 0 saturated heterocycles. The highest BCUT2D eigenvalue weighted by molar-refractivity contribution is 7.13. The summed E-state index contributed by atoms with van der Waals surface area (Å²) in [6.07, 6.45) is 1.82. The summed E-state index contributed by atoms with van der Waals surface area (Å²) in [6, 6.07) is 3.51. The van der Waals surface area contributed by atoms with E-state index in [9.17, 15) is 9.59 Å². The number of nitrogens with zero attached hydrogens (tertiary/aromatic N) is 1. The maximum absolute atomic E-state index is 11.9. The van der Waals surface area contributed by atoms with Gasteiger partial charge in [0.25, 0.3) is 0 Å². The van der Waals surface area contributed by atoms with E-state index in [-0.39, 0.29) is 24.3 Å². The van der Waals surface area contributed by atoms with E-state index < -0.39 is 0 Å². The van der Waals surface area contributed by atoms with Crippen LogP contribution < -0.4 is 10.6 Å². The molecule has 2 N–H and O–H groups in total. The third-order valence-electron chi connectivity index (χ3n) is 2.33. The minimum Gasteiger partial charge on any atom is -0.348 e. The summed E-state index contributed by atoms with van der Waals surface area (Å²) in [5, 5.41) is 9.77. The SMILES string of the molecule is CC(=O)N[C@H](CC(=O)Nc1nccs1)c1cccs1. The van der Waals surface area contributed by atoms with Crippen molar-refractivity contribution in [2.45, 2.75) is 19.4 Å². The van der Waals surface area contributed by atoms with Gasteiger partial charge in [0.2, 0.25) is 11.8 Å². The van der Waals surface area contributed by atoms with Gasteiger partial charge in [0, 0.05) is 23.4 Å². The normalized spacial score (nSPS) is 11.8. The minimum atomic E-state index is -0.294. The molecule has 2 rings (SSSR count). The average molecular weight is 295 g/mol. The van der Waals surface area contributed by atoms with Crippen LogP contribution in [-0.2, 0) is 9.59 Å². The number of carbonyl (C=O) groups excluding carboxylic acids is 2. The van der Waals surface area contributed by atoms with Crippen molar-refractivity contribution in [1.82, 2.24) is 10.3 Å². The standard InChI is InChI=1S/C12H13N3O2S2/c1-8(16)14-9(10-3-2-5-18-10)7-11(17)15-12-13-4-6-19-12/h2-6,9H,7H2,1H3,(H,14,16)(H,13,15,17)/t9-/m1/s1. The largest absolute Gasteiger partial charge is 0.348 e. The maximum atomic E-state index is 11.9. The van der Waals surface area contributed by atoms with Gasteiger partial charge in [0.15, 0.2) is 5.13 Å². The molecular formula is C12H13N3O2S2. The first kappa shape index (κ1) is 13.7. The summed E-state index contributed by atoms with van der Waals surface area (Å²) in [5.41, 5.74) is 0. The summed E-state index contributed by atoms with van der Waals surface area (Å²) in [5.74, 6) is -0.317. The second-order valence-corrected chi connectivity index (χ2v) is 5.73. The number of hydrogen-bond acceptors (Lipinski definition) is 5. The van der Waals surface area contributed by atoms with Crippen molar-refractivity contribution in [3.05, 3.63) is 34.0 Å². The Bertz CT molecular complexity index is 537. The highest BCUT2D eigenvalue weighted by Crippen LogP contribution is 2.23. The summed E-state index contributed by atoms with van der Waals surface area (Å²) >= 11 is 2.88. The minimum absolute atomic E-state index is 0.152. The average Bonchev–Trinajstić information content (AvgIpc) is 2.99. The molecule has 0 saturated carbocycles. The third-order valence-corrected chi connectivity index (χ3v) is 4.01. The molecule has 0 aliphatic heterocycles. The van der Waals surface area contributed by atoms with Crippen LogP contribution in [0.3, 0.4) is 0 Å². The van der Waals surface area contributed by atoms with Crippen molar-refractivity contribution in [2.75, 3.05) is 5.32 Å². The molecule has 2 aromatic heterocycles. The number of anilines is 1. The van der Waals surface area contributed by atoms with Gasteiger partial charge in [-0.2, -0.15) is 0 Å². The molecule has 0 radical (unpaired) electrons. The van der Waals surface area contributed by atoms with Crippen molar-refractivity contribution in [3.8, 4) is 0 Å². The Labute approximate surface area is 118 Å². The first-order valence-corrected chi connectivity index (χ1v) is 7.41.